The van der Waals surface area contributed by atoms with Crippen molar-refractivity contribution in [2.45, 2.75) is 37.5 Å². The third-order valence-corrected chi connectivity index (χ3v) is 3.28. The first-order valence-corrected chi connectivity index (χ1v) is 7.61. The Morgan fingerprint density at radius 2 is 1.67 bits per heavy atom. The van der Waals surface area contributed by atoms with Crippen LogP contribution in [0.1, 0.15) is 19.3 Å². The lowest BCUT2D eigenvalue weighted by molar-refractivity contribution is -0.254. The summed E-state index contributed by atoms with van der Waals surface area (Å²) in [5.74, 6) is -8.77. The second-order valence-electron chi connectivity index (χ2n) is 5.20. The first-order chi connectivity index (χ1) is 12.3. The van der Waals surface area contributed by atoms with Gasteiger partial charge in [-0.2, -0.15) is 22.0 Å². The molecule has 1 aromatic rings. The lowest BCUT2D eigenvalue weighted by atomic mass is 10.2. The van der Waals surface area contributed by atoms with Crippen molar-refractivity contribution in [1.82, 2.24) is 0 Å². The number of carbonyl (C=O) groups is 2. The largest absolute Gasteiger partial charge is 0.459 e. The summed E-state index contributed by atoms with van der Waals surface area (Å²) in [5, 5.41) is -0.185. The van der Waals surface area contributed by atoms with Crippen molar-refractivity contribution < 1.29 is 49.8 Å². The smallest absolute Gasteiger partial charge is 0.425 e. The predicted octanol–water partition coefficient (Wildman–Crippen LogP) is 4.63. The van der Waals surface area contributed by atoms with Crippen LogP contribution in [-0.2, 0) is 14.3 Å². The Morgan fingerprint density at radius 1 is 1.07 bits per heavy atom. The summed E-state index contributed by atoms with van der Waals surface area (Å²) >= 11 is 5.63. The van der Waals surface area contributed by atoms with Crippen LogP contribution in [0.5, 0.6) is 5.75 Å². The second kappa shape index (κ2) is 9.25. The summed E-state index contributed by atoms with van der Waals surface area (Å²) in [5.41, 5.74) is 0. The maximum atomic E-state index is 13.4. The molecule has 0 aliphatic rings. The molecule has 0 saturated carbocycles. The number of rotatable bonds is 8. The van der Waals surface area contributed by atoms with Gasteiger partial charge in [0.2, 0.25) is 0 Å². The molecule has 0 aliphatic carbocycles. The van der Waals surface area contributed by atoms with Crippen molar-refractivity contribution in [3.05, 3.63) is 29.0 Å². The number of para-hydroxylation sites is 1. The lowest BCUT2D eigenvalue weighted by Crippen LogP contribution is -2.45. The van der Waals surface area contributed by atoms with Crippen molar-refractivity contribution in [2.75, 3.05) is 6.61 Å². The highest BCUT2D eigenvalue weighted by Crippen LogP contribution is 2.35. The van der Waals surface area contributed by atoms with Gasteiger partial charge in [-0.3, -0.25) is 9.59 Å². The molecule has 0 aromatic heterocycles. The zero-order chi connectivity index (χ0) is 20.8. The van der Waals surface area contributed by atoms with E-state index < -0.39 is 61.2 Å². The maximum Gasteiger partial charge on any atom is 0.425 e. The fourth-order valence-electron chi connectivity index (χ4n) is 1.68. The van der Waals surface area contributed by atoms with Crippen LogP contribution >= 0.6 is 11.6 Å². The Balaban J connectivity index is 2.40. The molecule has 1 unspecified atom stereocenters. The van der Waals surface area contributed by atoms with E-state index in [2.05, 4.69) is 9.47 Å². The van der Waals surface area contributed by atoms with Crippen molar-refractivity contribution in [1.29, 1.82) is 0 Å². The van der Waals surface area contributed by atoms with Crippen LogP contribution < -0.4 is 4.74 Å². The fourth-order valence-corrected chi connectivity index (χ4v) is 1.89. The average molecular weight is 425 g/mol. The van der Waals surface area contributed by atoms with Gasteiger partial charge < -0.3 is 9.47 Å². The molecule has 152 valence electrons. The molecule has 1 atom stereocenters. The Bertz CT molecular complexity index is 658. The van der Waals surface area contributed by atoms with Gasteiger partial charge in [0.1, 0.15) is 0 Å². The highest BCUT2D eigenvalue weighted by atomic mass is 35.5. The van der Waals surface area contributed by atoms with Crippen LogP contribution in [0.2, 0.25) is 5.02 Å². The number of ether oxygens (including phenoxy) is 2. The van der Waals surface area contributed by atoms with Gasteiger partial charge in [0.05, 0.1) is 5.02 Å². The predicted molar refractivity (Wildman–Crippen MR) is 77.8 cm³/mol. The molecule has 0 N–H and O–H groups in total. The number of carbonyl (C=O) groups excluding carboxylic acids is 2. The molecule has 0 amide bonds. The number of halogens is 8. The maximum absolute atomic E-state index is 13.4. The molecule has 0 spiro atoms. The summed E-state index contributed by atoms with van der Waals surface area (Å²) in [6.07, 6.45) is -11.7. The Labute approximate surface area is 153 Å². The first-order valence-electron chi connectivity index (χ1n) is 7.23. The first kappa shape index (κ1) is 23.0. The van der Waals surface area contributed by atoms with Gasteiger partial charge in [-0.1, -0.05) is 17.7 Å². The Kier molecular flexibility index (Phi) is 7.88. The minimum atomic E-state index is -5.81. The van der Waals surface area contributed by atoms with Gasteiger partial charge in [-0.05, 0) is 18.6 Å². The number of hydrogen-bond acceptors (Lipinski definition) is 4. The fraction of sp³-hybridized carbons (Fsp3) is 0.467. The van der Waals surface area contributed by atoms with E-state index in [1.807, 2.05) is 0 Å². The van der Waals surface area contributed by atoms with Gasteiger partial charge in [0.25, 0.3) is 6.17 Å². The number of hydrogen-bond donors (Lipinski definition) is 0. The lowest BCUT2D eigenvalue weighted by Gasteiger charge is -2.22. The van der Waals surface area contributed by atoms with E-state index in [1.54, 1.807) is 0 Å². The van der Waals surface area contributed by atoms with Crippen LogP contribution in [0.25, 0.3) is 0 Å². The Morgan fingerprint density at radius 3 is 2.22 bits per heavy atom. The van der Waals surface area contributed by atoms with Crippen molar-refractivity contribution in [2.24, 2.45) is 0 Å². The molecule has 1 rings (SSSR count). The van der Waals surface area contributed by atoms with E-state index in [4.69, 9.17) is 11.6 Å². The monoisotopic (exact) mass is 424 g/mol. The highest BCUT2D eigenvalue weighted by Gasteiger charge is 2.57. The van der Waals surface area contributed by atoms with Crippen LogP contribution in [0.4, 0.5) is 30.7 Å². The molecule has 0 radical (unpaired) electrons. The number of benzene rings is 1. The van der Waals surface area contributed by atoms with Crippen LogP contribution in [0.3, 0.4) is 0 Å². The summed E-state index contributed by atoms with van der Waals surface area (Å²) in [4.78, 5) is 22.7. The van der Waals surface area contributed by atoms with Gasteiger partial charge in [0.15, 0.2) is 18.2 Å². The van der Waals surface area contributed by atoms with Gasteiger partial charge in [-0.15, -0.1) is 0 Å². The van der Waals surface area contributed by atoms with E-state index in [-0.39, 0.29) is 11.4 Å². The third kappa shape index (κ3) is 7.24. The molecule has 0 aliphatic heterocycles. The zero-order valence-electron chi connectivity index (χ0n) is 13.3. The summed E-state index contributed by atoms with van der Waals surface area (Å²) < 4.78 is 96.2. The summed E-state index contributed by atoms with van der Waals surface area (Å²) in [7, 11) is 0. The average Bonchev–Trinajstić information content (AvgIpc) is 2.55. The molecule has 12 heteroatoms. The molecule has 4 nitrogen and oxygen atoms in total. The number of esters is 2. The van der Waals surface area contributed by atoms with Crippen LogP contribution in [0.15, 0.2) is 18.2 Å². The van der Waals surface area contributed by atoms with E-state index in [0.717, 1.165) is 6.07 Å². The summed E-state index contributed by atoms with van der Waals surface area (Å²) in [6, 6.07) is 3.50. The van der Waals surface area contributed by atoms with Crippen LogP contribution in [-0.4, -0.2) is 36.8 Å². The van der Waals surface area contributed by atoms with E-state index in [9.17, 15) is 40.3 Å². The minimum Gasteiger partial charge on any atom is -0.459 e. The van der Waals surface area contributed by atoms with E-state index in [0.29, 0.717) is 0 Å². The topological polar surface area (TPSA) is 52.6 Å². The molecule has 0 fully saturated rings. The van der Waals surface area contributed by atoms with E-state index in [1.165, 1.54) is 12.1 Å². The van der Waals surface area contributed by atoms with Gasteiger partial charge >= 0.3 is 24.0 Å². The SMILES string of the molecule is O=C(CCCC(=O)Oc1c(F)cccc1Cl)OCC(F)(F)C(F)C(F)(F)F. The standard InChI is InChI=1S/C15H12ClF7O4/c16-8-3-1-4-9(17)12(8)27-11(25)6-2-5-10(24)26-7-14(19,20)13(18)15(21,22)23/h1,3-4,13H,2,5-7H2. The van der Waals surface area contributed by atoms with Gasteiger partial charge in [-0.25, -0.2) is 8.78 Å². The molecule has 0 saturated heterocycles. The molecule has 0 heterocycles. The molecule has 1 aromatic carbocycles. The quantitative estimate of drug-likeness (QED) is 0.347. The summed E-state index contributed by atoms with van der Waals surface area (Å²) in [6.45, 7) is -2.11. The normalized spacial score (nSPS) is 13.2. The van der Waals surface area contributed by atoms with E-state index >= 15 is 0 Å². The highest BCUT2D eigenvalue weighted by molar-refractivity contribution is 6.32. The van der Waals surface area contributed by atoms with Crippen molar-refractivity contribution in [3.63, 3.8) is 0 Å². The minimum absolute atomic E-state index is 0.185. The van der Waals surface area contributed by atoms with Crippen molar-refractivity contribution >= 4 is 23.5 Å². The Hall–Kier alpha value is -2.04. The van der Waals surface area contributed by atoms with Crippen LogP contribution in [0, 0.1) is 5.82 Å². The molecule has 0 bridgehead atoms. The molecule has 27 heavy (non-hydrogen) atoms. The van der Waals surface area contributed by atoms with Gasteiger partial charge in [0, 0.05) is 12.8 Å². The third-order valence-electron chi connectivity index (χ3n) is 2.98. The zero-order valence-corrected chi connectivity index (χ0v) is 14.1. The number of alkyl halides is 6. The second-order valence-corrected chi connectivity index (χ2v) is 5.61. The molecular weight excluding hydrogens is 413 g/mol. The van der Waals surface area contributed by atoms with Crippen molar-refractivity contribution in [3.8, 4) is 5.75 Å². The molecular formula is C15H12ClF7O4.